The first-order valence-electron chi connectivity index (χ1n) is 9.15. The van der Waals surface area contributed by atoms with E-state index in [1.165, 1.54) is 25.6 Å². The summed E-state index contributed by atoms with van der Waals surface area (Å²) in [6, 6.07) is 3.25. The van der Waals surface area contributed by atoms with E-state index in [9.17, 15) is 23.1 Å². The molecule has 8 nitrogen and oxygen atoms in total. The number of aliphatic carboxylic acids is 1. The first-order chi connectivity index (χ1) is 12.7. The normalized spacial score (nSPS) is 26.4. The van der Waals surface area contributed by atoms with Crippen molar-refractivity contribution in [3.63, 3.8) is 0 Å². The summed E-state index contributed by atoms with van der Waals surface area (Å²) < 4.78 is 30.9. The van der Waals surface area contributed by atoms with Gasteiger partial charge in [-0.15, -0.1) is 0 Å². The molecule has 0 radical (unpaired) electrons. The molecule has 1 N–H and O–H groups in total. The summed E-state index contributed by atoms with van der Waals surface area (Å²) in [6.07, 6.45) is 3.85. The number of hydrogen-bond acceptors (Lipinski definition) is 4. The van der Waals surface area contributed by atoms with Crippen molar-refractivity contribution >= 4 is 27.0 Å². The molecular formula is C18H23N3O5S. The quantitative estimate of drug-likeness (QED) is 0.847. The highest BCUT2D eigenvalue weighted by Crippen LogP contribution is 2.42. The minimum absolute atomic E-state index is 0.0358. The Morgan fingerprint density at radius 2 is 1.78 bits per heavy atom. The lowest BCUT2D eigenvalue weighted by Gasteiger charge is -2.32. The number of aromatic nitrogens is 2. The van der Waals surface area contributed by atoms with Crippen LogP contribution in [0.2, 0.25) is 0 Å². The second-order valence-corrected chi connectivity index (χ2v) is 9.43. The van der Waals surface area contributed by atoms with Gasteiger partial charge in [-0.3, -0.25) is 13.9 Å². The molecule has 1 aromatic heterocycles. The standard InChI is InChI=1S/C18H23N3O5S/c1-19-14-8-7-12(10-15(14)20(2)18(19)24)27(25,26)21-13-6-4-3-5-11(13)9-16(21)17(22)23/h7-8,10-11,13,16H,3-6,9H2,1-2H3,(H,22,23). The highest BCUT2D eigenvalue weighted by molar-refractivity contribution is 7.89. The fourth-order valence-corrected chi connectivity index (χ4v) is 6.63. The zero-order valence-corrected chi connectivity index (χ0v) is 16.1. The Morgan fingerprint density at radius 3 is 2.48 bits per heavy atom. The van der Waals surface area contributed by atoms with Gasteiger partial charge in [0.25, 0.3) is 0 Å². The van der Waals surface area contributed by atoms with E-state index in [1.54, 1.807) is 20.2 Å². The lowest BCUT2D eigenvalue weighted by atomic mass is 9.85. The van der Waals surface area contributed by atoms with Crippen molar-refractivity contribution in [2.24, 2.45) is 20.0 Å². The van der Waals surface area contributed by atoms with Crippen LogP contribution >= 0.6 is 0 Å². The maximum Gasteiger partial charge on any atom is 0.328 e. The van der Waals surface area contributed by atoms with Crippen LogP contribution in [0.25, 0.3) is 11.0 Å². The van der Waals surface area contributed by atoms with Crippen LogP contribution < -0.4 is 5.69 Å². The summed E-state index contributed by atoms with van der Waals surface area (Å²) in [7, 11) is -0.764. The number of nitrogens with zero attached hydrogens (tertiary/aromatic N) is 3. The molecule has 0 amide bonds. The van der Waals surface area contributed by atoms with Crippen molar-refractivity contribution in [1.82, 2.24) is 13.4 Å². The third-order valence-corrected chi connectivity index (χ3v) is 8.06. The molecule has 0 bridgehead atoms. The molecule has 146 valence electrons. The molecule has 9 heteroatoms. The Bertz CT molecular complexity index is 1080. The third kappa shape index (κ3) is 2.63. The smallest absolute Gasteiger partial charge is 0.328 e. The Labute approximate surface area is 157 Å². The lowest BCUT2D eigenvalue weighted by molar-refractivity contribution is -0.141. The molecule has 1 aliphatic heterocycles. The number of aryl methyl sites for hydroxylation is 2. The molecule has 2 fully saturated rings. The van der Waals surface area contributed by atoms with E-state index in [4.69, 9.17) is 0 Å². The van der Waals surface area contributed by atoms with Gasteiger partial charge in [-0.25, -0.2) is 13.2 Å². The van der Waals surface area contributed by atoms with E-state index in [2.05, 4.69) is 0 Å². The van der Waals surface area contributed by atoms with Crippen molar-refractivity contribution in [3.05, 3.63) is 28.7 Å². The van der Waals surface area contributed by atoms with Crippen LogP contribution in [0.1, 0.15) is 32.1 Å². The van der Waals surface area contributed by atoms with E-state index in [-0.39, 0.29) is 22.5 Å². The summed E-state index contributed by atoms with van der Waals surface area (Å²) in [5.74, 6) is -0.999. The van der Waals surface area contributed by atoms with Crippen LogP contribution in [0.5, 0.6) is 0 Å². The van der Waals surface area contributed by atoms with Crippen molar-refractivity contribution < 1.29 is 18.3 Å². The number of carbonyl (C=O) groups is 1. The summed E-state index contributed by atoms with van der Waals surface area (Å²) in [6.45, 7) is 0. The average Bonchev–Trinajstić information content (AvgIpc) is 3.14. The van der Waals surface area contributed by atoms with Gasteiger partial charge in [0.15, 0.2) is 0 Å². The SMILES string of the molecule is Cn1c(=O)n(C)c2cc(S(=O)(=O)N3C(C(=O)O)CC4CCCCC43)ccc21. The first-order valence-corrected chi connectivity index (χ1v) is 10.6. The third-order valence-electron chi connectivity index (χ3n) is 6.13. The predicted molar refractivity (Wildman–Crippen MR) is 99.0 cm³/mol. The Balaban J connectivity index is 1.84. The number of carboxylic acids is 1. The monoisotopic (exact) mass is 393 g/mol. The van der Waals surface area contributed by atoms with Gasteiger partial charge in [-0.1, -0.05) is 12.8 Å². The summed E-state index contributed by atoms with van der Waals surface area (Å²) in [5, 5.41) is 9.64. The van der Waals surface area contributed by atoms with Crippen molar-refractivity contribution in [3.8, 4) is 0 Å². The maximum atomic E-state index is 13.4. The summed E-state index contributed by atoms with van der Waals surface area (Å²) in [4.78, 5) is 24.0. The molecule has 2 heterocycles. The van der Waals surface area contributed by atoms with Gasteiger partial charge < -0.3 is 5.11 Å². The molecular weight excluding hydrogens is 370 g/mol. The van der Waals surface area contributed by atoms with Gasteiger partial charge in [0.05, 0.1) is 15.9 Å². The number of benzene rings is 1. The van der Waals surface area contributed by atoms with Crippen LogP contribution in [0.4, 0.5) is 0 Å². The average molecular weight is 393 g/mol. The van der Waals surface area contributed by atoms with E-state index < -0.39 is 22.0 Å². The molecule has 2 aliphatic rings. The van der Waals surface area contributed by atoms with E-state index in [0.717, 1.165) is 19.3 Å². The van der Waals surface area contributed by atoms with Gasteiger partial charge >= 0.3 is 11.7 Å². The molecule has 3 unspecified atom stereocenters. The zero-order chi connectivity index (χ0) is 19.5. The largest absolute Gasteiger partial charge is 0.480 e. The number of imidazole rings is 1. The number of rotatable bonds is 3. The number of hydrogen-bond donors (Lipinski definition) is 1. The zero-order valence-electron chi connectivity index (χ0n) is 15.3. The maximum absolute atomic E-state index is 13.4. The Kier molecular flexibility index (Phi) is 4.19. The van der Waals surface area contributed by atoms with Crippen molar-refractivity contribution in [1.29, 1.82) is 0 Å². The molecule has 1 saturated heterocycles. The van der Waals surface area contributed by atoms with Crippen LogP contribution in [0, 0.1) is 5.92 Å². The highest BCUT2D eigenvalue weighted by Gasteiger charge is 2.51. The van der Waals surface area contributed by atoms with Crippen LogP contribution in [0.15, 0.2) is 27.9 Å². The van der Waals surface area contributed by atoms with E-state index >= 15 is 0 Å². The first kappa shape index (κ1) is 18.2. The minimum atomic E-state index is -3.99. The number of fused-ring (bicyclic) bond motifs is 2. The number of carboxylic acid groups (broad SMARTS) is 1. The molecule has 4 rings (SSSR count). The van der Waals surface area contributed by atoms with E-state index in [1.807, 2.05) is 0 Å². The van der Waals surface area contributed by atoms with Gasteiger partial charge in [-0.05, 0) is 43.4 Å². The Hall–Kier alpha value is -2.13. The Morgan fingerprint density at radius 1 is 1.11 bits per heavy atom. The van der Waals surface area contributed by atoms with Crippen molar-refractivity contribution in [2.75, 3.05) is 0 Å². The fraction of sp³-hybridized carbons (Fsp3) is 0.556. The van der Waals surface area contributed by atoms with Crippen LogP contribution in [-0.2, 0) is 28.9 Å². The second kappa shape index (κ2) is 6.20. The predicted octanol–water partition coefficient (Wildman–Crippen LogP) is 1.28. The number of sulfonamides is 1. The molecule has 2 aromatic rings. The molecule has 3 atom stereocenters. The van der Waals surface area contributed by atoms with Crippen LogP contribution in [-0.4, -0.2) is 45.0 Å². The van der Waals surface area contributed by atoms with E-state index in [0.29, 0.717) is 23.9 Å². The molecule has 1 saturated carbocycles. The summed E-state index contributed by atoms with van der Waals surface area (Å²) >= 11 is 0. The van der Waals surface area contributed by atoms with Gasteiger partial charge in [0.2, 0.25) is 10.0 Å². The lowest BCUT2D eigenvalue weighted by Crippen LogP contribution is -2.46. The molecule has 1 aliphatic carbocycles. The summed E-state index contributed by atoms with van der Waals surface area (Å²) in [5.41, 5.74) is 0.902. The van der Waals surface area contributed by atoms with Gasteiger partial charge in [0.1, 0.15) is 6.04 Å². The van der Waals surface area contributed by atoms with Crippen LogP contribution in [0.3, 0.4) is 0 Å². The fourth-order valence-electron chi connectivity index (χ4n) is 4.74. The minimum Gasteiger partial charge on any atom is -0.480 e. The highest BCUT2D eigenvalue weighted by atomic mass is 32.2. The second-order valence-electron chi connectivity index (χ2n) is 7.59. The van der Waals surface area contributed by atoms with Gasteiger partial charge in [0, 0.05) is 20.1 Å². The van der Waals surface area contributed by atoms with Crippen molar-refractivity contribution in [2.45, 2.75) is 49.1 Å². The van der Waals surface area contributed by atoms with Gasteiger partial charge in [-0.2, -0.15) is 4.31 Å². The molecule has 27 heavy (non-hydrogen) atoms. The molecule has 1 aromatic carbocycles. The molecule has 0 spiro atoms. The topological polar surface area (TPSA) is 102 Å².